The van der Waals surface area contributed by atoms with Gasteiger partial charge in [-0.3, -0.25) is 4.79 Å². The number of anilines is 1. The summed E-state index contributed by atoms with van der Waals surface area (Å²) in [5, 5.41) is 17.4. The average molecular weight is 438 g/mol. The highest BCUT2D eigenvalue weighted by Gasteiger charge is 2.39. The first kappa shape index (κ1) is 22.2. The van der Waals surface area contributed by atoms with Crippen LogP contribution >= 0.6 is 11.3 Å². The molecule has 8 heteroatoms. The summed E-state index contributed by atoms with van der Waals surface area (Å²) in [6.07, 6.45) is 0. The van der Waals surface area contributed by atoms with Crippen LogP contribution in [0.25, 0.3) is 0 Å². The van der Waals surface area contributed by atoms with E-state index >= 15 is 0 Å². The summed E-state index contributed by atoms with van der Waals surface area (Å²) < 4.78 is 0. The van der Waals surface area contributed by atoms with Gasteiger partial charge in [0.05, 0.1) is 5.41 Å². The zero-order valence-corrected chi connectivity index (χ0v) is 18.2. The van der Waals surface area contributed by atoms with Crippen LogP contribution in [0, 0.1) is 5.41 Å². The lowest BCUT2D eigenvalue weighted by Gasteiger charge is -2.33. The second-order valence-electron chi connectivity index (χ2n) is 7.40. The maximum Gasteiger partial charge on any atom is 0.360 e. The molecule has 1 amide bonds. The number of aliphatic carboxylic acids is 1. The maximum atomic E-state index is 13.3. The van der Waals surface area contributed by atoms with Gasteiger partial charge in [-0.05, 0) is 11.1 Å². The first-order valence-corrected chi connectivity index (χ1v) is 10.4. The molecule has 2 N–H and O–H groups in total. The predicted molar refractivity (Wildman–Crippen MR) is 120 cm³/mol. The number of oxime groups is 1. The zero-order valence-electron chi connectivity index (χ0n) is 17.4. The van der Waals surface area contributed by atoms with Crippen molar-refractivity contribution < 1.29 is 19.5 Å². The molecule has 0 unspecified atom stereocenters. The van der Waals surface area contributed by atoms with E-state index in [1.54, 1.807) is 0 Å². The Morgan fingerprint density at radius 3 is 2.10 bits per heavy atom. The fourth-order valence-corrected chi connectivity index (χ4v) is 4.12. The summed E-state index contributed by atoms with van der Waals surface area (Å²) in [5.41, 5.74) is 1.01. The van der Waals surface area contributed by atoms with Gasteiger partial charge in [-0.25, -0.2) is 9.78 Å². The largest absolute Gasteiger partial charge is 0.476 e. The molecule has 0 fully saturated rings. The van der Waals surface area contributed by atoms with Gasteiger partial charge < -0.3 is 15.3 Å². The number of hydrogen-bond acceptors (Lipinski definition) is 6. The minimum Gasteiger partial charge on any atom is -0.476 e. The van der Waals surface area contributed by atoms with Crippen molar-refractivity contribution in [3.63, 3.8) is 0 Å². The zero-order chi connectivity index (χ0) is 22.4. The normalized spacial score (nSPS) is 11.9. The monoisotopic (exact) mass is 437 g/mol. The number of carboxylic acids is 1. The Morgan fingerprint density at radius 1 is 1.06 bits per heavy atom. The number of nitrogens with one attached hydrogen (secondary N) is 1. The molecule has 3 rings (SSSR count). The number of carbonyl (C=O) groups is 2. The van der Waals surface area contributed by atoms with E-state index < -0.39 is 11.4 Å². The SMILES string of the molecule is CO/N=C(/C(=O)O)c1csc(NC(=O)C(C)(C)C(c2ccccc2)c2ccccc2)n1. The quantitative estimate of drug-likeness (QED) is 0.402. The smallest absolute Gasteiger partial charge is 0.360 e. The van der Waals surface area contributed by atoms with Crippen LogP contribution in [0.2, 0.25) is 0 Å². The fraction of sp³-hybridized carbons (Fsp3) is 0.217. The first-order chi connectivity index (χ1) is 14.8. The summed E-state index contributed by atoms with van der Waals surface area (Å²) in [6, 6.07) is 19.7. The number of benzene rings is 2. The van der Waals surface area contributed by atoms with E-state index in [1.807, 2.05) is 74.5 Å². The van der Waals surface area contributed by atoms with E-state index in [2.05, 4.69) is 20.3 Å². The number of carbonyl (C=O) groups excluding carboxylic acids is 1. The molecule has 1 heterocycles. The average Bonchev–Trinajstić information content (AvgIpc) is 3.21. The van der Waals surface area contributed by atoms with E-state index in [1.165, 1.54) is 12.5 Å². The third kappa shape index (κ3) is 4.97. The van der Waals surface area contributed by atoms with Crippen molar-refractivity contribution in [2.45, 2.75) is 19.8 Å². The lowest BCUT2D eigenvalue weighted by Crippen LogP contribution is -2.37. The Morgan fingerprint density at radius 2 is 1.61 bits per heavy atom. The highest BCUT2D eigenvalue weighted by atomic mass is 32.1. The molecule has 31 heavy (non-hydrogen) atoms. The van der Waals surface area contributed by atoms with Crippen LogP contribution in [-0.4, -0.2) is 34.8 Å². The summed E-state index contributed by atoms with van der Waals surface area (Å²) in [6.45, 7) is 3.77. The summed E-state index contributed by atoms with van der Waals surface area (Å²) >= 11 is 1.13. The summed E-state index contributed by atoms with van der Waals surface area (Å²) in [7, 11) is 1.26. The molecule has 0 radical (unpaired) electrons. The number of aromatic nitrogens is 1. The number of carboxylic acid groups (broad SMARTS) is 1. The van der Waals surface area contributed by atoms with Crippen molar-refractivity contribution in [3.8, 4) is 0 Å². The topological polar surface area (TPSA) is 101 Å². The molecule has 2 aromatic carbocycles. The molecule has 0 aliphatic rings. The van der Waals surface area contributed by atoms with Gasteiger partial charge in [0.25, 0.3) is 0 Å². The summed E-state index contributed by atoms with van der Waals surface area (Å²) in [5.74, 6) is -1.69. The van der Waals surface area contributed by atoms with Gasteiger partial charge in [0, 0.05) is 11.3 Å². The fourth-order valence-electron chi connectivity index (χ4n) is 3.43. The Bertz CT molecular complexity index is 1040. The van der Waals surface area contributed by atoms with Gasteiger partial charge in [0.15, 0.2) is 5.13 Å². The number of nitrogens with zero attached hydrogens (tertiary/aromatic N) is 2. The van der Waals surface area contributed by atoms with Gasteiger partial charge in [0.1, 0.15) is 12.8 Å². The van der Waals surface area contributed by atoms with Crippen LogP contribution in [0.5, 0.6) is 0 Å². The van der Waals surface area contributed by atoms with Crippen LogP contribution in [0.3, 0.4) is 0 Å². The maximum absolute atomic E-state index is 13.3. The Hall–Kier alpha value is -3.52. The van der Waals surface area contributed by atoms with Crippen molar-refractivity contribution in [2.24, 2.45) is 10.6 Å². The molecule has 1 aromatic heterocycles. The van der Waals surface area contributed by atoms with E-state index in [0.717, 1.165) is 22.5 Å². The molecule has 0 aliphatic carbocycles. The standard InChI is InChI=1S/C23H23N3O4S/c1-23(2,18(15-10-6-4-7-11-15)16-12-8-5-9-13-16)21(29)25-22-24-17(14-31-22)19(20(27)28)26-30-3/h4-14,18H,1-3H3,(H,27,28)(H,24,25,29)/b26-19+. The second kappa shape index (κ2) is 9.53. The molecule has 160 valence electrons. The van der Waals surface area contributed by atoms with Gasteiger partial charge in [0.2, 0.25) is 11.6 Å². The van der Waals surface area contributed by atoms with Crippen molar-refractivity contribution in [2.75, 3.05) is 12.4 Å². The molecule has 0 bridgehead atoms. The summed E-state index contributed by atoms with van der Waals surface area (Å²) in [4.78, 5) is 33.5. The highest BCUT2D eigenvalue weighted by Crippen LogP contribution is 2.41. The predicted octanol–water partition coefficient (Wildman–Crippen LogP) is 4.38. The van der Waals surface area contributed by atoms with Crippen LogP contribution in [0.1, 0.15) is 36.6 Å². The van der Waals surface area contributed by atoms with Crippen LogP contribution in [-0.2, 0) is 14.4 Å². The molecule has 0 saturated heterocycles. The number of rotatable bonds is 8. The van der Waals surface area contributed by atoms with Gasteiger partial charge in [-0.15, -0.1) is 11.3 Å². The van der Waals surface area contributed by atoms with Gasteiger partial charge in [-0.1, -0.05) is 79.7 Å². The number of hydrogen-bond donors (Lipinski definition) is 2. The van der Waals surface area contributed by atoms with Crippen LogP contribution in [0.4, 0.5) is 5.13 Å². The molecular weight excluding hydrogens is 414 g/mol. The lowest BCUT2D eigenvalue weighted by molar-refractivity contribution is -0.129. The van der Waals surface area contributed by atoms with E-state index in [-0.39, 0.29) is 28.4 Å². The molecule has 0 atom stereocenters. The lowest BCUT2D eigenvalue weighted by atomic mass is 9.70. The molecule has 0 saturated carbocycles. The molecule has 0 spiro atoms. The van der Waals surface area contributed by atoms with Gasteiger partial charge >= 0.3 is 5.97 Å². The van der Waals surface area contributed by atoms with Crippen LogP contribution < -0.4 is 5.32 Å². The van der Waals surface area contributed by atoms with Crippen LogP contribution in [0.15, 0.2) is 71.2 Å². The third-order valence-corrected chi connectivity index (χ3v) is 5.68. The van der Waals surface area contributed by atoms with Crippen molar-refractivity contribution in [3.05, 3.63) is 82.9 Å². The highest BCUT2D eigenvalue weighted by molar-refractivity contribution is 7.14. The van der Waals surface area contributed by atoms with E-state index in [9.17, 15) is 14.7 Å². The number of thiazole rings is 1. The van der Waals surface area contributed by atoms with Crippen molar-refractivity contribution in [1.29, 1.82) is 0 Å². The molecular formula is C23H23N3O4S. The first-order valence-electron chi connectivity index (χ1n) is 9.56. The molecule has 7 nitrogen and oxygen atoms in total. The van der Waals surface area contributed by atoms with Crippen molar-refractivity contribution in [1.82, 2.24) is 4.98 Å². The van der Waals surface area contributed by atoms with Gasteiger partial charge in [-0.2, -0.15) is 0 Å². The molecule has 3 aromatic rings. The Labute approximate surface area is 184 Å². The minimum atomic E-state index is -1.27. The third-order valence-electron chi connectivity index (χ3n) is 4.93. The van der Waals surface area contributed by atoms with E-state index in [4.69, 9.17) is 0 Å². The number of amides is 1. The second-order valence-corrected chi connectivity index (χ2v) is 8.25. The Balaban J connectivity index is 1.90. The Kier molecular flexibility index (Phi) is 6.81. The minimum absolute atomic E-state index is 0.120. The molecule has 0 aliphatic heterocycles. The van der Waals surface area contributed by atoms with Crippen molar-refractivity contribution >= 4 is 34.1 Å². The van der Waals surface area contributed by atoms with E-state index in [0.29, 0.717) is 0 Å².